The van der Waals surface area contributed by atoms with Gasteiger partial charge in [0, 0.05) is 30.6 Å². The van der Waals surface area contributed by atoms with Gasteiger partial charge in [0.1, 0.15) is 6.54 Å². The molecule has 1 rings (SSSR count). The number of hydrogen-bond donors (Lipinski definition) is 1. The molecular formula is C11H20N2O3S. The van der Waals surface area contributed by atoms with Gasteiger partial charge in [0.2, 0.25) is 0 Å². The van der Waals surface area contributed by atoms with E-state index in [0.717, 1.165) is 12.2 Å². The van der Waals surface area contributed by atoms with E-state index in [0.29, 0.717) is 13.1 Å². The quantitative estimate of drug-likeness (QED) is 0.814. The smallest absolute Gasteiger partial charge is 0.323 e. The number of carbonyl (C=O) groups excluding carboxylic acids is 1. The van der Waals surface area contributed by atoms with Crippen LogP contribution in [0.4, 0.5) is 4.79 Å². The second-order valence-corrected chi connectivity index (χ2v) is 6.68. The monoisotopic (exact) mass is 260 g/mol. The van der Waals surface area contributed by atoms with Gasteiger partial charge in [-0.2, -0.15) is 11.8 Å². The normalized spacial score (nSPS) is 19.6. The average Bonchev–Trinajstić information content (AvgIpc) is 2.37. The Morgan fingerprint density at radius 3 is 2.65 bits per heavy atom. The van der Waals surface area contributed by atoms with E-state index in [9.17, 15) is 9.59 Å². The van der Waals surface area contributed by atoms with Gasteiger partial charge >= 0.3 is 12.0 Å². The third-order valence-electron chi connectivity index (χ3n) is 2.81. The van der Waals surface area contributed by atoms with Crippen molar-refractivity contribution in [2.75, 3.05) is 32.4 Å². The molecule has 98 valence electrons. The van der Waals surface area contributed by atoms with Crippen molar-refractivity contribution >= 4 is 23.8 Å². The maximum Gasteiger partial charge on any atom is 0.323 e. The molecule has 0 saturated carbocycles. The molecule has 17 heavy (non-hydrogen) atoms. The van der Waals surface area contributed by atoms with Crippen molar-refractivity contribution in [3.63, 3.8) is 0 Å². The molecule has 1 heterocycles. The van der Waals surface area contributed by atoms with Gasteiger partial charge in [-0.25, -0.2) is 4.79 Å². The Morgan fingerprint density at radius 1 is 1.41 bits per heavy atom. The Kier molecular flexibility index (Phi) is 4.68. The molecule has 6 heteroatoms. The molecule has 0 atom stereocenters. The molecule has 0 unspecified atom stereocenters. The highest BCUT2D eigenvalue weighted by molar-refractivity contribution is 8.00. The summed E-state index contributed by atoms with van der Waals surface area (Å²) in [6, 6.07) is -0.189. The van der Waals surface area contributed by atoms with Crippen molar-refractivity contribution in [2.45, 2.75) is 25.0 Å². The summed E-state index contributed by atoms with van der Waals surface area (Å²) in [6.45, 7) is 5.49. The van der Waals surface area contributed by atoms with Gasteiger partial charge in [-0.15, -0.1) is 0 Å². The molecule has 5 nitrogen and oxygen atoms in total. The molecule has 0 aromatic rings. The minimum absolute atomic E-state index is 0.189. The standard InChI is InChI=1S/C11H20N2O3S/c1-11(2)4-5-13(6-7-17-11)10(16)12(3)8-9(14)15/h4-8H2,1-3H3,(H,14,15). The molecule has 1 saturated heterocycles. The lowest BCUT2D eigenvalue weighted by Gasteiger charge is -2.26. The lowest BCUT2D eigenvalue weighted by Crippen LogP contribution is -2.44. The Hall–Kier alpha value is -0.910. The van der Waals surface area contributed by atoms with Gasteiger partial charge in [-0.1, -0.05) is 13.8 Å². The van der Waals surface area contributed by atoms with Crippen molar-refractivity contribution < 1.29 is 14.7 Å². The number of nitrogens with zero attached hydrogens (tertiary/aromatic N) is 2. The molecule has 1 N–H and O–H groups in total. The largest absolute Gasteiger partial charge is 0.480 e. The summed E-state index contributed by atoms with van der Waals surface area (Å²) >= 11 is 1.86. The predicted molar refractivity (Wildman–Crippen MR) is 68.4 cm³/mol. The minimum atomic E-state index is -0.981. The summed E-state index contributed by atoms with van der Waals surface area (Å²) in [5, 5.41) is 8.65. The van der Waals surface area contributed by atoms with Crippen LogP contribution in [0.2, 0.25) is 0 Å². The summed E-state index contributed by atoms with van der Waals surface area (Å²) < 4.78 is 0.195. The van der Waals surface area contributed by atoms with Crippen LogP contribution in [0.3, 0.4) is 0 Å². The van der Waals surface area contributed by atoms with Gasteiger partial charge in [0.05, 0.1) is 0 Å². The number of carboxylic acids is 1. The van der Waals surface area contributed by atoms with E-state index >= 15 is 0 Å². The van der Waals surface area contributed by atoms with Crippen LogP contribution in [0.15, 0.2) is 0 Å². The number of urea groups is 1. The third kappa shape index (κ3) is 4.46. The van der Waals surface area contributed by atoms with Crippen molar-refractivity contribution in [3.8, 4) is 0 Å². The van der Waals surface area contributed by atoms with E-state index in [2.05, 4.69) is 13.8 Å². The van der Waals surface area contributed by atoms with E-state index in [1.807, 2.05) is 11.8 Å². The van der Waals surface area contributed by atoms with Crippen LogP contribution in [0.1, 0.15) is 20.3 Å². The summed E-state index contributed by atoms with van der Waals surface area (Å²) in [6.07, 6.45) is 0.935. The zero-order valence-corrected chi connectivity index (χ0v) is 11.4. The van der Waals surface area contributed by atoms with Gasteiger partial charge in [-0.3, -0.25) is 4.79 Å². The van der Waals surface area contributed by atoms with Crippen LogP contribution in [0, 0.1) is 0 Å². The van der Waals surface area contributed by atoms with Crippen LogP contribution in [0.5, 0.6) is 0 Å². The zero-order valence-electron chi connectivity index (χ0n) is 10.6. The fourth-order valence-corrected chi connectivity index (χ4v) is 2.82. The van der Waals surface area contributed by atoms with Crippen LogP contribution >= 0.6 is 11.8 Å². The first kappa shape index (κ1) is 14.2. The molecule has 0 aliphatic carbocycles. The van der Waals surface area contributed by atoms with Gasteiger partial charge < -0.3 is 14.9 Å². The number of rotatable bonds is 2. The third-order valence-corrected chi connectivity index (χ3v) is 4.18. The van der Waals surface area contributed by atoms with E-state index in [-0.39, 0.29) is 17.3 Å². The highest BCUT2D eigenvalue weighted by Crippen LogP contribution is 2.30. The molecule has 0 spiro atoms. The number of likely N-dealkylation sites (N-methyl/N-ethyl adjacent to an activating group) is 1. The number of aliphatic carboxylic acids is 1. The number of thioether (sulfide) groups is 1. The molecule has 2 amide bonds. The molecule has 0 aromatic heterocycles. The van der Waals surface area contributed by atoms with Gasteiger partial charge in [-0.05, 0) is 6.42 Å². The van der Waals surface area contributed by atoms with Crippen LogP contribution in [-0.2, 0) is 4.79 Å². The molecule has 1 aliphatic rings. The molecule has 1 aliphatic heterocycles. The first-order valence-electron chi connectivity index (χ1n) is 5.67. The zero-order chi connectivity index (χ0) is 13.1. The number of hydrogen-bond acceptors (Lipinski definition) is 3. The van der Waals surface area contributed by atoms with Gasteiger partial charge in [0.15, 0.2) is 0 Å². The lowest BCUT2D eigenvalue weighted by molar-refractivity contribution is -0.137. The Morgan fingerprint density at radius 2 is 2.06 bits per heavy atom. The van der Waals surface area contributed by atoms with E-state index in [4.69, 9.17) is 5.11 Å². The van der Waals surface area contributed by atoms with Crippen LogP contribution < -0.4 is 0 Å². The fourth-order valence-electron chi connectivity index (χ4n) is 1.72. The molecule has 0 radical (unpaired) electrons. The van der Waals surface area contributed by atoms with Crippen LogP contribution in [0.25, 0.3) is 0 Å². The van der Waals surface area contributed by atoms with E-state index in [1.165, 1.54) is 11.9 Å². The second kappa shape index (κ2) is 5.62. The minimum Gasteiger partial charge on any atom is -0.480 e. The maximum absolute atomic E-state index is 12.0. The highest BCUT2D eigenvalue weighted by Gasteiger charge is 2.27. The Labute approximate surface area is 106 Å². The fraction of sp³-hybridized carbons (Fsp3) is 0.818. The van der Waals surface area contributed by atoms with Gasteiger partial charge in [0.25, 0.3) is 0 Å². The summed E-state index contributed by atoms with van der Waals surface area (Å²) in [5.74, 6) is -0.0787. The van der Waals surface area contributed by atoms with Crippen molar-refractivity contribution in [1.29, 1.82) is 0 Å². The summed E-state index contributed by atoms with van der Waals surface area (Å²) in [4.78, 5) is 25.5. The summed E-state index contributed by atoms with van der Waals surface area (Å²) in [5.41, 5.74) is 0. The SMILES string of the molecule is CN(CC(=O)O)C(=O)N1CCSC(C)(C)CC1. The average molecular weight is 260 g/mol. The molecule has 0 bridgehead atoms. The van der Waals surface area contributed by atoms with E-state index < -0.39 is 5.97 Å². The van der Waals surface area contributed by atoms with Crippen molar-refractivity contribution in [1.82, 2.24) is 9.80 Å². The molecule has 0 aromatic carbocycles. The first-order chi connectivity index (χ1) is 7.82. The van der Waals surface area contributed by atoms with E-state index in [1.54, 1.807) is 4.90 Å². The molecular weight excluding hydrogens is 240 g/mol. The number of amides is 2. The lowest BCUT2D eigenvalue weighted by atomic mass is 10.1. The first-order valence-corrected chi connectivity index (χ1v) is 6.66. The predicted octanol–water partition coefficient (Wildman–Crippen LogP) is 1.34. The summed E-state index contributed by atoms with van der Waals surface area (Å²) in [7, 11) is 1.53. The Bertz CT molecular complexity index is 307. The second-order valence-electron chi connectivity index (χ2n) is 4.88. The number of carbonyl (C=O) groups is 2. The maximum atomic E-state index is 12.0. The highest BCUT2D eigenvalue weighted by atomic mass is 32.2. The Balaban J connectivity index is 2.55. The topological polar surface area (TPSA) is 60.9 Å². The van der Waals surface area contributed by atoms with Crippen LogP contribution in [-0.4, -0.2) is 64.1 Å². The van der Waals surface area contributed by atoms with Crippen molar-refractivity contribution in [2.24, 2.45) is 0 Å². The molecule has 1 fully saturated rings. The van der Waals surface area contributed by atoms with Crippen molar-refractivity contribution in [3.05, 3.63) is 0 Å². The number of carboxylic acid groups (broad SMARTS) is 1.